The molecule has 7 heteroatoms. The Labute approximate surface area is 198 Å². The van der Waals surface area contributed by atoms with E-state index < -0.39 is 12.0 Å². The van der Waals surface area contributed by atoms with Crippen LogP contribution in [0.1, 0.15) is 51.2 Å². The number of rotatable bonds is 8. The molecule has 0 saturated heterocycles. The number of benzene rings is 3. The van der Waals surface area contributed by atoms with Gasteiger partial charge in [0.15, 0.2) is 0 Å². The molecule has 1 heterocycles. The lowest BCUT2D eigenvalue weighted by Gasteiger charge is -2.28. The second-order valence-corrected chi connectivity index (χ2v) is 7.93. The lowest BCUT2D eigenvalue weighted by molar-refractivity contribution is -0.117. The van der Waals surface area contributed by atoms with Crippen LogP contribution in [0.25, 0.3) is 0 Å². The normalized spacial score (nSPS) is 13.2. The Morgan fingerprint density at radius 2 is 1.79 bits per heavy atom. The van der Waals surface area contributed by atoms with Gasteiger partial charge in [0.2, 0.25) is 5.91 Å². The number of hydrogen-bond acceptors (Lipinski definition) is 5. The number of anilines is 1. The average molecular weight is 459 g/mol. The summed E-state index contributed by atoms with van der Waals surface area (Å²) in [5.74, 6) is -0.131. The highest BCUT2D eigenvalue weighted by atomic mass is 16.5. The molecule has 0 aliphatic carbocycles. The van der Waals surface area contributed by atoms with Crippen LogP contribution in [0.15, 0.2) is 72.8 Å². The van der Waals surface area contributed by atoms with Gasteiger partial charge < -0.3 is 19.7 Å². The first-order valence-corrected chi connectivity index (χ1v) is 11.1. The number of methoxy groups -OCH3 is 1. The number of esters is 1. The zero-order valence-corrected chi connectivity index (χ0v) is 19.1. The quantitative estimate of drug-likeness (QED) is 0.499. The van der Waals surface area contributed by atoms with E-state index in [1.165, 1.54) is 0 Å². The predicted molar refractivity (Wildman–Crippen MR) is 128 cm³/mol. The van der Waals surface area contributed by atoms with E-state index >= 15 is 0 Å². The van der Waals surface area contributed by atoms with E-state index in [9.17, 15) is 14.4 Å². The Hall–Kier alpha value is -4.13. The molecule has 3 aromatic carbocycles. The summed E-state index contributed by atoms with van der Waals surface area (Å²) >= 11 is 0. The molecular formula is C27H26N2O5. The summed E-state index contributed by atoms with van der Waals surface area (Å²) in [5.41, 5.74) is 3.27. The molecule has 1 aliphatic heterocycles. The maximum absolute atomic E-state index is 13.2. The molecule has 0 fully saturated rings. The van der Waals surface area contributed by atoms with Crippen LogP contribution in [0.5, 0.6) is 5.75 Å². The van der Waals surface area contributed by atoms with Crippen molar-refractivity contribution >= 4 is 23.5 Å². The molecule has 34 heavy (non-hydrogen) atoms. The van der Waals surface area contributed by atoms with Crippen LogP contribution in [0, 0.1) is 0 Å². The van der Waals surface area contributed by atoms with E-state index in [1.807, 2.05) is 48.5 Å². The van der Waals surface area contributed by atoms with Crippen molar-refractivity contribution in [1.82, 2.24) is 4.90 Å². The highest BCUT2D eigenvalue weighted by Crippen LogP contribution is 2.34. The third-order valence-electron chi connectivity index (χ3n) is 5.76. The van der Waals surface area contributed by atoms with Gasteiger partial charge >= 0.3 is 5.97 Å². The van der Waals surface area contributed by atoms with Gasteiger partial charge in [-0.25, -0.2) is 4.79 Å². The third kappa shape index (κ3) is 4.93. The van der Waals surface area contributed by atoms with Crippen molar-refractivity contribution in [2.45, 2.75) is 25.9 Å². The lowest BCUT2D eigenvalue weighted by atomic mass is 10.0. The number of nitrogens with one attached hydrogen (secondary N) is 1. The van der Waals surface area contributed by atoms with Gasteiger partial charge in [0.25, 0.3) is 5.91 Å². The standard InChI is InChI=1S/C27H26N2O5/c1-3-34-27(32)19-8-6-9-21(15-19)28-25(30)16-24(18-11-13-22(33-2)14-12-18)29-17-20-7-4-5-10-23(20)26(29)31/h4-15,24H,3,16-17H2,1-2H3,(H,28,30)/t24-/m0/s1. The van der Waals surface area contributed by atoms with Crippen molar-refractivity contribution in [1.29, 1.82) is 0 Å². The SMILES string of the molecule is CCOC(=O)c1cccc(NC(=O)C[C@@H](c2ccc(OC)cc2)N2Cc3ccccc3C2=O)c1. The minimum atomic E-state index is -0.473. The van der Waals surface area contributed by atoms with Gasteiger partial charge in [-0.05, 0) is 54.4 Å². The lowest BCUT2D eigenvalue weighted by Crippen LogP contribution is -2.32. The van der Waals surface area contributed by atoms with Crippen molar-refractivity contribution in [3.05, 3.63) is 95.1 Å². The second-order valence-electron chi connectivity index (χ2n) is 7.93. The number of carbonyl (C=O) groups excluding carboxylic acids is 3. The van der Waals surface area contributed by atoms with E-state index in [0.29, 0.717) is 29.1 Å². The number of hydrogen-bond donors (Lipinski definition) is 1. The molecule has 1 N–H and O–H groups in total. The second kappa shape index (κ2) is 10.2. The topological polar surface area (TPSA) is 84.9 Å². The van der Waals surface area contributed by atoms with E-state index in [2.05, 4.69) is 5.32 Å². The Morgan fingerprint density at radius 1 is 1.03 bits per heavy atom. The van der Waals surface area contributed by atoms with E-state index in [-0.39, 0.29) is 24.8 Å². The number of ether oxygens (including phenoxy) is 2. The van der Waals surface area contributed by atoms with E-state index in [4.69, 9.17) is 9.47 Å². The fourth-order valence-electron chi connectivity index (χ4n) is 4.09. The van der Waals surface area contributed by atoms with Crippen LogP contribution in [0.4, 0.5) is 5.69 Å². The molecule has 0 aromatic heterocycles. The third-order valence-corrected chi connectivity index (χ3v) is 5.76. The zero-order chi connectivity index (χ0) is 24.1. The van der Waals surface area contributed by atoms with Crippen molar-refractivity contribution < 1.29 is 23.9 Å². The maximum atomic E-state index is 13.2. The molecule has 2 amide bonds. The Bertz CT molecular complexity index is 1210. The van der Waals surface area contributed by atoms with Gasteiger partial charge in [-0.3, -0.25) is 9.59 Å². The summed E-state index contributed by atoms with van der Waals surface area (Å²) < 4.78 is 10.3. The first kappa shape index (κ1) is 23.0. The summed E-state index contributed by atoms with van der Waals surface area (Å²) in [7, 11) is 1.59. The van der Waals surface area contributed by atoms with Crippen LogP contribution in [-0.2, 0) is 16.1 Å². The van der Waals surface area contributed by atoms with Crippen LogP contribution in [0.3, 0.4) is 0 Å². The molecule has 174 valence electrons. The van der Waals surface area contributed by atoms with Gasteiger partial charge in [-0.1, -0.05) is 36.4 Å². The Kier molecular flexibility index (Phi) is 6.92. The molecule has 1 aliphatic rings. The number of fused-ring (bicyclic) bond motifs is 1. The molecule has 7 nitrogen and oxygen atoms in total. The highest BCUT2D eigenvalue weighted by molar-refractivity contribution is 5.99. The van der Waals surface area contributed by atoms with Crippen LogP contribution in [0.2, 0.25) is 0 Å². The Morgan fingerprint density at radius 3 is 2.50 bits per heavy atom. The molecule has 0 saturated carbocycles. The molecule has 4 rings (SSSR count). The van der Waals surface area contributed by atoms with Crippen molar-refractivity contribution in [3.63, 3.8) is 0 Å². The zero-order valence-electron chi connectivity index (χ0n) is 19.1. The molecule has 0 radical (unpaired) electrons. The smallest absolute Gasteiger partial charge is 0.338 e. The van der Waals surface area contributed by atoms with E-state index in [0.717, 1.165) is 11.1 Å². The van der Waals surface area contributed by atoms with Crippen LogP contribution in [-0.4, -0.2) is 36.4 Å². The maximum Gasteiger partial charge on any atom is 0.338 e. The number of amides is 2. The molecule has 0 unspecified atom stereocenters. The molecule has 0 bridgehead atoms. The van der Waals surface area contributed by atoms with Gasteiger partial charge in [0, 0.05) is 17.8 Å². The first-order valence-electron chi connectivity index (χ1n) is 11.1. The van der Waals surface area contributed by atoms with Crippen molar-refractivity contribution in [2.75, 3.05) is 19.0 Å². The molecular weight excluding hydrogens is 432 g/mol. The number of carbonyl (C=O) groups is 3. The summed E-state index contributed by atoms with van der Waals surface area (Å²) in [4.78, 5) is 40.0. The van der Waals surface area contributed by atoms with E-state index in [1.54, 1.807) is 43.2 Å². The minimum Gasteiger partial charge on any atom is -0.497 e. The monoisotopic (exact) mass is 458 g/mol. The van der Waals surface area contributed by atoms with Gasteiger partial charge in [-0.15, -0.1) is 0 Å². The largest absolute Gasteiger partial charge is 0.497 e. The Balaban J connectivity index is 1.56. The van der Waals surface area contributed by atoms with Crippen molar-refractivity contribution in [2.24, 2.45) is 0 Å². The predicted octanol–water partition coefficient (Wildman–Crippen LogP) is 4.60. The van der Waals surface area contributed by atoms with Crippen LogP contribution >= 0.6 is 0 Å². The minimum absolute atomic E-state index is 0.0513. The summed E-state index contributed by atoms with van der Waals surface area (Å²) in [6.45, 7) is 2.43. The van der Waals surface area contributed by atoms with Gasteiger partial charge in [-0.2, -0.15) is 0 Å². The van der Waals surface area contributed by atoms with Crippen LogP contribution < -0.4 is 10.1 Å². The molecule has 0 spiro atoms. The molecule has 1 atom stereocenters. The highest BCUT2D eigenvalue weighted by Gasteiger charge is 2.34. The van der Waals surface area contributed by atoms with Gasteiger partial charge in [0.1, 0.15) is 5.75 Å². The summed E-state index contributed by atoms with van der Waals surface area (Å²) in [5, 5.41) is 2.85. The van der Waals surface area contributed by atoms with Gasteiger partial charge in [0.05, 0.1) is 31.7 Å². The fraction of sp³-hybridized carbons (Fsp3) is 0.222. The fourth-order valence-corrected chi connectivity index (χ4v) is 4.09. The first-order chi connectivity index (χ1) is 16.5. The molecule has 3 aromatic rings. The van der Waals surface area contributed by atoms with Crippen molar-refractivity contribution in [3.8, 4) is 5.75 Å². The summed E-state index contributed by atoms with van der Waals surface area (Å²) in [6.07, 6.45) is 0.0513. The average Bonchev–Trinajstić information content (AvgIpc) is 3.19. The number of nitrogens with zero attached hydrogens (tertiary/aromatic N) is 1. The summed E-state index contributed by atoms with van der Waals surface area (Å²) in [6, 6.07) is 21.0.